The van der Waals surface area contributed by atoms with Crippen LogP contribution in [0, 0.1) is 0 Å². The van der Waals surface area contributed by atoms with E-state index in [1.807, 2.05) is 30.3 Å². The summed E-state index contributed by atoms with van der Waals surface area (Å²) < 4.78 is 23.3. The van der Waals surface area contributed by atoms with Crippen LogP contribution in [0.3, 0.4) is 0 Å². The quantitative estimate of drug-likeness (QED) is 0.333. The van der Waals surface area contributed by atoms with E-state index in [4.69, 9.17) is 18.9 Å². The Balaban J connectivity index is 1.29. The van der Waals surface area contributed by atoms with Gasteiger partial charge in [0.2, 0.25) is 0 Å². The molecule has 0 saturated heterocycles. The maximum absolute atomic E-state index is 12.3. The molecule has 0 aliphatic heterocycles. The van der Waals surface area contributed by atoms with Crippen LogP contribution >= 0.6 is 0 Å². The van der Waals surface area contributed by atoms with Crippen molar-refractivity contribution >= 4 is 5.91 Å². The zero-order chi connectivity index (χ0) is 26.0. The Bertz CT molecular complexity index is 1390. The number of hydrogen-bond acceptors (Lipinski definition) is 7. The van der Waals surface area contributed by atoms with Crippen LogP contribution in [0.25, 0.3) is 11.3 Å². The van der Waals surface area contributed by atoms with E-state index in [9.17, 15) is 9.59 Å². The largest absolute Gasteiger partial charge is 0.497 e. The van der Waals surface area contributed by atoms with Crippen LogP contribution in [-0.4, -0.2) is 43.1 Å². The molecular weight excluding hydrogens is 474 g/mol. The Hall–Kier alpha value is -4.79. The van der Waals surface area contributed by atoms with E-state index < -0.39 is 0 Å². The lowest BCUT2D eigenvalue weighted by Crippen LogP contribution is -2.34. The molecule has 3 aromatic carbocycles. The second kappa shape index (κ2) is 12.3. The van der Waals surface area contributed by atoms with Crippen molar-refractivity contribution in [1.82, 2.24) is 15.1 Å². The smallest absolute Gasteiger partial charge is 0.266 e. The lowest BCUT2D eigenvalue weighted by molar-refractivity contribution is -0.123. The van der Waals surface area contributed by atoms with Gasteiger partial charge in [0.1, 0.15) is 28.7 Å². The van der Waals surface area contributed by atoms with Gasteiger partial charge in [-0.05, 0) is 60.7 Å². The van der Waals surface area contributed by atoms with Crippen LogP contribution in [0.5, 0.6) is 28.7 Å². The minimum Gasteiger partial charge on any atom is -0.497 e. The molecule has 190 valence electrons. The van der Waals surface area contributed by atoms with E-state index in [0.29, 0.717) is 34.3 Å². The molecule has 0 atom stereocenters. The number of amides is 1. The van der Waals surface area contributed by atoms with Gasteiger partial charge in [-0.2, -0.15) is 5.10 Å². The highest BCUT2D eigenvalue weighted by atomic mass is 16.5. The third-order valence-corrected chi connectivity index (χ3v) is 5.37. The molecule has 0 unspecified atom stereocenters. The van der Waals surface area contributed by atoms with Crippen molar-refractivity contribution < 1.29 is 23.7 Å². The molecule has 0 radical (unpaired) electrons. The van der Waals surface area contributed by atoms with Gasteiger partial charge in [-0.3, -0.25) is 9.59 Å². The zero-order valence-electron chi connectivity index (χ0n) is 20.5. The fourth-order valence-corrected chi connectivity index (χ4v) is 3.50. The summed E-state index contributed by atoms with van der Waals surface area (Å²) in [4.78, 5) is 24.5. The molecule has 1 N–H and O–H groups in total. The van der Waals surface area contributed by atoms with Gasteiger partial charge in [-0.15, -0.1) is 0 Å². The third kappa shape index (κ3) is 6.88. The molecule has 9 nitrogen and oxygen atoms in total. The average Bonchev–Trinajstić information content (AvgIpc) is 2.94. The SMILES string of the molecule is COc1ccc(OC)c(-c2ccc(=O)n(CCNC(=O)COc3ccc(Oc4ccccc4)cc3)n2)c1. The van der Waals surface area contributed by atoms with Crippen LogP contribution in [0.15, 0.2) is 89.7 Å². The molecule has 37 heavy (non-hydrogen) atoms. The molecule has 0 fully saturated rings. The number of nitrogens with one attached hydrogen (secondary N) is 1. The fraction of sp³-hybridized carbons (Fsp3) is 0.179. The zero-order valence-corrected chi connectivity index (χ0v) is 20.5. The predicted octanol–water partition coefficient (Wildman–Crippen LogP) is 3.92. The lowest BCUT2D eigenvalue weighted by Gasteiger charge is -2.12. The first-order chi connectivity index (χ1) is 18.1. The highest BCUT2D eigenvalue weighted by Gasteiger charge is 2.11. The lowest BCUT2D eigenvalue weighted by atomic mass is 10.1. The van der Waals surface area contributed by atoms with Crippen molar-refractivity contribution in [3.8, 4) is 40.0 Å². The van der Waals surface area contributed by atoms with Crippen molar-refractivity contribution in [2.75, 3.05) is 27.4 Å². The van der Waals surface area contributed by atoms with E-state index >= 15 is 0 Å². The number of hydrogen-bond donors (Lipinski definition) is 1. The minimum absolute atomic E-state index is 0.164. The van der Waals surface area contributed by atoms with Gasteiger partial charge in [0.05, 0.1) is 26.5 Å². The predicted molar refractivity (Wildman–Crippen MR) is 138 cm³/mol. The number of rotatable bonds is 11. The summed E-state index contributed by atoms with van der Waals surface area (Å²) in [5.41, 5.74) is 0.951. The van der Waals surface area contributed by atoms with E-state index in [0.717, 1.165) is 5.75 Å². The molecule has 0 aliphatic carbocycles. The van der Waals surface area contributed by atoms with Crippen molar-refractivity contribution in [1.29, 1.82) is 0 Å². The highest BCUT2D eigenvalue weighted by Crippen LogP contribution is 2.31. The van der Waals surface area contributed by atoms with Gasteiger partial charge in [0, 0.05) is 18.2 Å². The van der Waals surface area contributed by atoms with E-state index in [1.54, 1.807) is 62.8 Å². The van der Waals surface area contributed by atoms with E-state index in [2.05, 4.69) is 10.4 Å². The van der Waals surface area contributed by atoms with Gasteiger partial charge in [-0.1, -0.05) is 18.2 Å². The Morgan fingerprint density at radius 3 is 2.27 bits per heavy atom. The average molecular weight is 502 g/mol. The first kappa shape index (κ1) is 25.3. The second-order valence-corrected chi connectivity index (χ2v) is 7.87. The molecule has 1 heterocycles. The number of ether oxygens (including phenoxy) is 4. The van der Waals surface area contributed by atoms with Gasteiger partial charge < -0.3 is 24.3 Å². The number of aromatic nitrogens is 2. The molecule has 0 aliphatic rings. The summed E-state index contributed by atoms with van der Waals surface area (Å²) in [5, 5.41) is 7.17. The van der Waals surface area contributed by atoms with Gasteiger partial charge in [-0.25, -0.2) is 4.68 Å². The van der Waals surface area contributed by atoms with Gasteiger partial charge in [0.25, 0.3) is 11.5 Å². The molecule has 9 heteroatoms. The molecule has 1 amide bonds. The molecule has 4 rings (SSSR count). The van der Waals surface area contributed by atoms with Crippen LogP contribution < -0.4 is 29.8 Å². The Morgan fingerprint density at radius 2 is 1.54 bits per heavy atom. The number of benzene rings is 3. The monoisotopic (exact) mass is 501 g/mol. The maximum atomic E-state index is 12.3. The Morgan fingerprint density at radius 1 is 0.838 bits per heavy atom. The summed E-state index contributed by atoms with van der Waals surface area (Å²) in [6, 6.07) is 24.8. The maximum Gasteiger partial charge on any atom is 0.266 e. The van der Waals surface area contributed by atoms with Crippen molar-refractivity contribution in [3.05, 3.63) is 95.3 Å². The molecule has 0 spiro atoms. The second-order valence-electron chi connectivity index (χ2n) is 7.87. The first-order valence-electron chi connectivity index (χ1n) is 11.6. The van der Waals surface area contributed by atoms with Crippen LogP contribution in [0.1, 0.15) is 0 Å². The summed E-state index contributed by atoms with van der Waals surface area (Å²) in [6.45, 7) is 0.232. The number of methoxy groups -OCH3 is 2. The van der Waals surface area contributed by atoms with E-state index in [1.165, 1.54) is 10.7 Å². The van der Waals surface area contributed by atoms with Crippen molar-refractivity contribution in [3.63, 3.8) is 0 Å². The first-order valence-corrected chi connectivity index (χ1v) is 11.6. The summed E-state index contributed by atoms with van der Waals surface area (Å²) in [7, 11) is 3.13. The molecule has 4 aromatic rings. The summed E-state index contributed by atoms with van der Waals surface area (Å²) in [5.74, 6) is 2.85. The van der Waals surface area contributed by atoms with Crippen LogP contribution in [-0.2, 0) is 11.3 Å². The van der Waals surface area contributed by atoms with Crippen molar-refractivity contribution in [2.24, 2.45) is 0 Å². The minimum atomic E-state index is -0.316. The number of nitrogens with zero attached hydrogens (tertiary/aromatic N) is 2. The number of carbonyl (C=O) groups is 1. The molecule has 0 bridgehead atoms. The molecular formula is C28H27N3O6. The fourth-order valence-electron chi connectivity index (χ4n) is 3.50. The number of para-hydroxylation sites is 1. The standard InChI is InChI=1S/C28H27N3O6/c1-34-23-12-14-26(35-2)24(18-23)25-13-15-28(33)31(30-25)17-16-29-27(32)19-36-20-8-10-22(11-9-20)37-21-6-4-3-5-7-21/h3-15,18H,16-17,19H2,1-2H3,(H,29,32). The van der Waals surface area contributed by atoms with Gasteiger partial charge >= 0.3 is 0 Å². The van der Waals surface area contributed by atoms with Crippen LogP contribution in [0.2, 0.25) is 0 Å². The van der Waals surface area contributed by atoms with Crippen LogP contribution in [0.4, 0.5) is 0 Å². The van der Waals surface area contributed by atoms with E-state index in [-0.39, 0.29) is 31.2 Å². The third-order valence-electron chi connectivity index (χ3n) is 5.37. The molecule has 0 saturated carbocycles. The summed E-state index contributed by atoms with van der Waals surface area (Å²) >= 11 is 0. The topological polar surface area (TPSA) is 101 Å². The molecule has 1 aromatic heterocycles. The van der Waals surface area contributed by atoms with Crippen molar-refractivity contribution in [2.45, 2.75) is 6.54 Å². The summed E-state index contributed by atoms with van der Waals surface area (Å²) in [6.07, 6.45) is 0. The highest BCUT2D eigenvalue weighted by molar-refractivity contribution is 5.77. The Kier molecular flexibility index (Phi) is 8.38. The Labute approximate surface area is 214 Å². The number of carbonyl (C=O) groups excluding carboxylic acids is 1. The normalized spacial score (nSPS) is 10.4. The van der Waals surface area contributed by atoms with Gasteiger partial charge in [0.15, 0.2) is 6.61 Å².